The molecule has 0 bridgehead atoms. The second kappa shape index (κ2) is 4.18. The van der Waals surface area contributed by atoms with Gasteiger partial charge in [0.05, 0.1) is 0 Å². The summed E-state index contributed by atoms with van der Waals surface area (Å²) in [6.45, 7) is 3.49. The normalized spacial score (nSPS) is 14.6. The average molecular weight is 135 g/mol. The maximum Gasteiger partial charge on any atom is 0.132 e. The van der Waals surface area contributed by atoms with Crippen molar-refractivity contribution < 1.29 is 9.66 Å². The van der Waals surface area contributed by atoms with Crippen molar-refractivity contribution >= 4 is 11.2 Å². The van der Waals surface area contributed by atoms with Crippen LogP contribution in [0.1, 0.15) is 13.8 Å². The van der Waals surface area contributed by atoms with E-state index in [0.29, 0.717) is 5.75 Å². The minimum atomic E-state index is -0.884. The number of rotatable bonds is 3. The lowest BCUT2D eigenvalue weighted by Gasteiger charge is -2.11. The van der Waals surface area contributed by atoms with E-state index in [1.165, 1.54) is 0 Å². The van der Waals surface area contributed by atoms with E-state index in [4.69, 9.17) is 0 Å². The van der Waals surface area contributed by atoms with Gasteiger partial charge in [0.1, 0.15) is 17.6 Å². The highest BCUT2D eigenvalue weighted by Gasteiger charge is 2.08. The Labute approximate surface area is 53.1 Å². The predicted octanol–water partition coefficient (Wildman–Crippen LogP) is 0.574. The molecule has 0 aliphatic carbocycles. The summed E-state index contributed by atoms with van der Waals surface area (Å²) >= 11 is -0.884. The second-order valence-corrected chi connectivity index (χ2v) is 3.95. The Bertz CT molecular complexity index is 56.4. The Morgan fingerprint density at radius 1 is 1.62 bits per heavy atom. The fraction of sp³-hybridized carbons (Fsp3) is 1.00. The van der Waals surface area contributed by atoms with Crippen LogP contribution in [0.15, 0.2) is 0 Å². The van der Waals surface area contributed by atoms with Crippen molar-refractivity contribution in [3.05, 3.63) is 0 Å². The molecule has 0 fully saturated rings. The van der Waals surface area contributed by atoms with E-state index >= 15 is 0 Å². The van der Waals surface area contributed by atoms with Crippen LogP contribution in [0, 0.1) is 0 Å². The lowest BCUT2D eigenvalue weighted by molar-refractivity contribution is 0.213. The zero-order valence-corrected chi connectivity index (χ0v) is 6.03. The summed E-state index contributed by atoms with van der Waals surface area (Å²) in [6.07, 6.45) is 0. The molecule has 3 heteroatoms. The van der Waals surface area contributed by atoms with Crippen molar-refractivity contribution in [3.63, 3.8) is 0 Å². The SMILES string of the molecule is CC(C)[S+]([O-])CC[O]. The van der Waals surface area contributed by atoms with E-state index in [2.05, 4.69) is 0 Å². The van der Waals surface area contributed by atoms with Gasteiger partial charge in [-0.05, 0) is 25.0 Å². The fourth-order valence-electron chi connectivity index (χ4n) is 0.318. The summed E-state index contributed by atoms with van der Waals surface area (Å²) in [5.41, 5.74) is 0. The summed E-state index contributed by atoms with van der Waals surface area (Å²) in [6, 6.07) is 0. The highest BCUT2D eigenvalue weighted by Crippen LogP contribution is 1.98. The molecule has 0 amide bonds. The minimum absolute atomic E-state index is 0.143. The monoisotopic (exact) mass is 135 g/mol. The minimum Gasteiger partial charge on any atom is -0.616 e. The summed E-state index contributed by atoms with van der Waals surface area (Å²) in [7, 11) is 0. The first kappa shape index (κ1) is 8.27. The van der Waals surface area contributed by atoms with Gasteiger partial charge in [0.15, 0.2) is 0 Å². The molecule has 0 aromatic heterocycles. The van der Waals surface area contributed by atoms with Gasteiger partial charge in [-0.15, -0.1) is 0 Å². The molecule has 1 radical (unpaired) electrons. The molecule has 0 N–H and O–H groups in total. The van der Waals surface area contributed by atoms with Gasteiger partial charge >= 0.3 is 0 Å². The molecule has 0 heterocycles. The van der Waals surface area contributed by atoms with Gasteiger partial charge in [0, 0.05) is 0 Å². The largest absolute Gasteiger partial charge is 0.616 e. The van der Waals surface area contributed by atoms with Crippen molar-refractivity contribution in [1.29, 1.82) is 0 Å². The van der Waals surface area contributed by atoms with Gasteiger partial charge in [0.2, 0.25) is 0 Å². The Morgan fingerprint density at radius 2 is 2.12 bits per heavy atom. The van der Waals surface area contributed by atoms with Crippen molar-refractivity contribution in [1.82, 2.24) is 0 Å². The second-order valence-electron chi connectivity index (χ2n) is 1.84. The number of hydrogen-bond acceptors (Lipinski definition) is 1. The van der Waals surface area contributed by atoms with Crippen LogP contribution < -0.4 is 0 Å². The molecule has 1 unspecified atom stereocenters. The molecule has 49 valence electrons. The van der Waals surface area contributed by atoms with Crippen LogP contribution in [0.4, 0.5) is 0 Å². The quantitative estimate of drug-likeness (QED) is 0.522. The first-order valence-electron chi connectivity index (χ1n) is 2.63. The first-order valence-corrected chi connectivity index (χ1v) is 4.02. The van der Waals surface area contributed by atoms with Crippen molar-refractivity contribution in [2.45, 2.75) is 19.1 Å². The van der Waals surface area contributed by atoms with Gasteiger partial charge in [-0.25, -0.2) is 5.11 Å². The van der Waals surface area contributed by atoms with Crippen LogP contribution in [0.25, 0.3) is 0 Å². The summed E-state index contributed by atoms with van der Waals surface area (Å²) < 4.78 is 10.7. The summed E-state index contributed by atoms with van der Waals surface area (Å²) in [5, 5.41) is 9.99. The molecule has 8 heavy (non-hydrogen) atoms. The molecular weight excluding hydrogens is 124 g/mol. The summed E-state index contributed by atoms with van der Waals surface area (Å²) in [4.78, 5) is 0. The van der Waals surface area contributed by atoms with Crippen LogP contribution in [0.5, 0.6) is 0 Å². The van der Waals surface area contributed by atoms with E-state index in [1.807, 2.05) is 13.8 Å². The van der Waals surface area contributed by atoms with Crippen LogP contribution in [-0.2, 0) is 16.3 Å². The average Bonchev–Trinajstić information content (AvgIpc) is 1.67. The molecule has 0 saturated carbocycles. The smallest absolute Gasteiger partial charge is 0.132 e. The maximum absolute atomic E-state index is 10.7. The van der Waals surface area contributed by atoms with E-state index in [1.54, 1.807) is 0 Å². The van der Waals surface area contributed by atoms with Crippen LogP contribution in [-0.4, -0.2) is 22.2 Å². The van der Waals surface area contributed by atoms with E-state index in [-0.39, 0.29) is 11.9 Å². The molecule has 0 saturated heterocycles. The van der Waals surface area contributed by atoms with Crippen molar-refractivity contribution in [2.75, 3.05) is 12.4 Å². The molecule has 0 spiro atoms. The third-order valence-electron chi connectivity index (χ3n) is 0.810. The lowest BCUT2D eigenvalue weighted by Crippen LogP contribution is -2.19. The molecular formula is C5H11O2S. The van der Waals surface area contributed by atoms with Gasteiger partial charge in [-0.3, -0.25) is 0 Å². The van der Waals surface area contributed by atoms with Gasteiger partial charge < -0.3 is 4.55 Å². The zero-order valence-electron chi connectivity index (χ0n) is 5.22. The van der Waals surface area contributed by atoms with Crippen molar-refractivity contribution in [3.8, 4) is 0 Å². The van der Waals surface area contributed by atoms with E-state index in [0.717, 1.165) is 0 Å². The third kappa shape index (κ3) is 3.29. The summed E-state index contributed by atoms with van der Waals surface area (Å²) in [5.74, 6) is 0.303. The van der Waals surface area contributed by atoms with Crippen LogP contribution >= 0.6 is 0 Å². The third-order valence-corrected chi connectivity index (χ3v) is 2.43. The Kier molecular flexibility index (Phi) is 4.32. The fourth-order valence-corrected chi connectivity index (χ4v) is 0.954. The Balaban J connectivity index is 3.17. The van der Waals surface area contributed by atoms with Crippen LogP contribution in [0.2, 0.25) is 0 Å². The van der Waals surface area contributed by atoms with Crippen molar-refractivity contribution in [2.24, 2.45) is 0 Å². The zero-order chi connectivity index (χ0) is 6.57. The Hall–Kier alpha value is 0.270. The molecule has 0 aromatic carbocycles. The molecule has 1 atom stereocenters. The van der Waals surface area contributed by atoms with E-state index < -0.39 is 11.2 Å². The van der Waals surface area contributed by atoms with Gasteiger partial charge in [-0.1, -0.05) is 0 Å². The predicted molar refractivity (Wildman–Crippen MR) is 33.7 cm³/mol. The molecule has 0 rings (SSSR count). The Morgan fingerprint density at radius 3 is 2.25 bits per heavy atom. The van der Waals surface area contributed by atoms with E-state index in [9.17, 15) is 9.66 Å². The lowest BCUT2D eigenvalue weighted by atomic mass is 10.6. The van der Waals surface area contributed by atoms with Crippen LogP contribution in [0.3, 0.4) is 0 Å². The highest BCUT2D eigenvalue weighted by atomic mass is 32.2. The van der Waals surface area contributed by atoms with Gasteiger partial charge in [-0.2, -0.15) is 0 Å². The molecule has 0 aliphatic heterocycles. The molecule has 2 nitrogen and oxygen atoms in total. The molecule has 0 aromatic rings. The van der Waals surface area contributed by atoms with Gasteiger partial charge in [0.25, 0.3) is 0 Å². The standard InChI is InChI=1S/C5H11O2S/c1-5(2)8(7)4-3-6/h5H,3-4H2,1-2H3. The highest BCUT2D eigenvalue weighted by molar-refractivity contribution is 7.91. The topological polar surface area (TPSA) is 43.0 Å². The maximum atomic E-state index is 10.7. The molecule has 0 aliphatic rings. The number of hydrogen-bond donors (Lipinski definition) is 0. The first-order chi connectivity index (χ1) is 3.68.